The van der Waals surface area contributed by atoms with Crippen LogP contribution in [-0.4, -0.2) is 13.3 Å². The van der Waals surface area contributed by atoms with Crippen LogP contribution in [0, 0.1) is 13.8 Å². The summed E-state index contributed by atoms with van der Waals surface area (Å²) in [6.45, 7) is 4.68. The lowest BCUT2D eigenvalue weighted by Gasteiger charge is -2.13. The van der Waals surface area contributed by atoms with E-state index in [1.54, 1.807) is 13.3 Å². The molecule has 3 aromatic carbocycles. The maximum Gasteiger partial charge on any atom is 0.161 e. The summed E-state index contributed by atoms with van der Waals surface area (Å²) in [5.74, 6) is 1.40. The molecule has 0 saturated heterocycles. The third-order valence-electron chi connectivity index (χ3n) is 4.26. The molecule has 3 aromatic rings. The zero-order valence-corrected chi connectivity index (χ0v) is 15.9. The predicted octanol–water partition coefficient (Wildman–Crippen LogP) is 5.34. The van der Waals surface area contributed by atoms with Crippen LogP contribution in [0.2, 0.25) is 0 Å². The van der Waals surface area contributed by atoms with Crippen molar-refractivity contribution < 1.29 is 9.47 Å². The Hall–Kier alpha value is -3.27. The van der Waals surface area contributed by atoms with Crippen LogP contribution in [0.4, 0.5) is 5.69 Å². The fourth-order valence-electron chi connectivity index (χ4n) is 2.69. The summed E-state index contributed by atoms with van der Waals surface area (Å²) in [6, 6.07) is 22.0. The number of rotatable bonds is 7. The van der Waals surface area contributed by atoms with Crippen molar-refractivity contribution in [3.05, 3.63) is 89.0 Å². The average Bonchev–Trinajstić information content (AvgIpc) is 2.70. The summed E-state index contributed by atoms with van der Waals surface area (Å²) in [5, 5.41) is 4.26. The summed E-state index contributed by atoms with van der Waals surface area (Å²) >= 11 is 0. The van der Waals surface area contributed by atoms with Crippen LogP contribution in [0.5, 0.6) is 11.5 Å². The highest BCUT2D eigenvalue weighted by molar-refractivity contribution is 5.81. The molecule has 0 aliphatic heterocycles. The highest BCUT2D eigenvalue weighted by atomic mass is 16.5. The first kappa shape index (κ1) is 18.5. The molecule has 0 fully saturated rings. The molecular weight excluding hydrogens is 336 g/mol. The average molecular weight is 360 g/mol. The minimum Gasteiger partial charge on any atom is -0.493 e. The molecule has 0 saturated carbocycles. The van der Waals surface area contributed by atoms with Crippen LogP contribution >= 0.6 is 0 Å². The molecule has 0 unspecified atom stereocenters. The van der Waals surface area contributed by atoms with E-state index in [1.165, 1.54) is 16.7 Å². The number of ether oxygens (including phenoxy) is 2. The molecule has 138 valence electrons. The fourth-order valence-corrected chi connectivity index (χ4v) is 2.69. The quantitative estimate of drug-likeness (QED) is 0.457. The summed E-state index contributed by atoms with van der Waals surface area (Å²) < 4.78 is 11.5. The van der Waals surface area contributed by atoms with Crippen molar-refractivity contribution in [2.45, 2.75) is 20.5 Å². The van der Waals surface area contributed by atoms with Gasteiger partial charge in [-0.25, -0.2) is 0 Å². The van der Waals surface area contributed by atoms with Gasteiger partial charge in [0.15, 0.2) is 11.5 Å². The second-order valence-electron chi connectivity index (χ2n) is 6.36. The predicted molar refractivity (Wildman–Crippen MR) is 111 cm³/mol. The van der Waals surface area contributed by atoms with Crippen molar-refractivity contribution in [3.8, 4) is 11.5 Å². The Morgan fingerprint density at radius 3 is 2.52 bits per heavy atom. The SMILES string of the molecule is COc1cc(/C=N/Nc2ccccc2)ccc1OCc1cc(C)ccc1C. The number of benzene rings is 3. The largest absolute Gasteiger partial charge is 0.493 e. The van der Waals surface area contributed by atoms with Crippen LogP contribution in [0.3, 0.4) is 0 Å². The smallest absolute Gasteiger partial charge is 0.161 e. The lowest BCUT2D eigenvalue weighted by Crippen LogP contribution is -2.00. The van der Waals surface area contributed by atoms with E-state index in [9.17, 15) is 0 Å². The maximum absolute atomic E-state index is 5.99. The molecular formula is C23H24N2O2. The van der Waals surface area contributed by atoms with Gasteiger partial charge in [0.1, 0.15) is 6.61 Å². The molecule has 0 bridgehead atoms. The van der Waals surface area contributed by atoms with E-state index < -0.39 is 0 Å². The number of aryl methyl sites for hydroxylation is 2. The minimum atomic E-state index is 0.507. The monoisotopic (exact) mass is 360 g/mol. The van der Waals surface area contributed by atoms with E-state index in [-0.39, 0.29) is 0 Å². The number of hydrogen-bond donors (Lipinski definition) is 1. The van der Waals surface area contributed by atoms with Crippen molar-refractivity contribution in [3.63, 3.8) is 0 Å². The lowest BCUT2D eigenvalue weighted by molar-refractivity contribution is 0.284. The van der Waals surface area contributed by atoms with E-state index in [2.05, 4.69) is 42.6 Å². The fraction of sp³-hybridized carbons (Fsp3) is 0.174. The minimum absolute atomic E-state index is 0.507. The van der Waals surface area contributed by atoms with Gasteiger partial charge in [0, 0.05) is 0 Å². The summed E-state index contributed by atoms with van der Waals surface area (Å²) in [4.78, 5) is 0. The first-order valence-corrected chi connectivity index (χ1v) is 8.87. The van der Waals surface area contributed by atoms with Crippen LogP contribution in [-0.2, 0) is 6.61 Å². The second-order valence-corrected chi connectivity index (χ2v) is 6.36. The van der Waals surface area contributed by atoms with E-state index in [0.29, 0.717) is 18.1 Å². The van der Waals surface area contributed by atoms with Gasteiger partial charge < -0.3 is 9.47 Å². The van der Waals surface area contributed by atoms with Gasteiger partial charge in [-0.1, -0.05) is 42.0 Å². The number of anilines is 1. The van der Waals surface area contributed by atoms with Crippen LogP contribution in [0.1, 0.15) is 22.3 Å². The number of hydrazone groups is 1. The second kappa shape index (κ2) is 8.90. The van der Waals surface area contributed by atoms with Gasteiger partial charge in [-0.05, 0) is 60.9 Å². The van der Waals surface area contributed by atoms with Gasteiger partial charge in [-0.15, -0.1) is 0 Å². The lowest BCUT2D eigenvalue weighted by atomic mass is 10.1. The number of nitrogens with zero attached hydrogens (tertiary/aromatic N) is 1. The van der Waals surface area contributed by atoms with Gasteiger partial charge in [0.05, 0.1) is 19.0 Å². The highest BCUT2D eigenvalue weighted by Crippen LogP contribution is 2.28. The Kier molecular flexibility index (Phi) is 6.10. The maximum atomic E-state index is 5.99. The first-order chi connectivity index (χ1) is 13.2. The molecule has 0 aliphatic rings. The molecule has 0 atom stereocenters. The Bertz CT molecular complexity index is 921. The van der Waals surface area contributed by atoms with Gasteiger partial charge in [0.2, 0.25) is 0 Å². The molecule has 1 N–H and O–H groups in total. The Morgan fingerprint density at radius 1 is 0.926 bits per heavy atom. The van der Waals surface area contributed by atoms with Gasteiger partial charge >= 0.3 is 0 Å². The van der Waals surface area contributed by atoms with Crippen molar-refractivity contribution >= 4 is 11.9 Å². The third-order valence-corrected chi connectivity index (χ3v) is 4.26. The van der Waals surface area contributed by atoms with E-state index in [4.69, 9.17) is 9.47 Å². The Labute approximate surface area is 160 Å². The van der Waals surface area contributed by atoms with E-state index in [1.807, 2.05) is 48.5 Å². The number of para-hydroxylation sites is 1. The highest BCUT2D eigenvalue weighted by Gasteiger charge is 2.07. The molecule has 0 amide bonds. The van der Waals surface area contributed by atoms with E-state index >= 15 is 0 Å². The molecule has 0 radical (unpaired) electrons. The molecule has 0 aromatic heterocycles. The Morgan fingerprint density at radius 2 is 1.74 bits per heavy atom. The summed E-state index contributed by atoms with van der Waals surface area (Å²) in [6.07, 6.45) is 1.75. The summed E-state index contributed by atoms with van der Waals surface area (Å²) in [5.41, 5.74) is 8.48. The van der Waals surface area contributed by atoms with Gasteiger partial charge in [0.25, 0.3) is 0 Å². The van der Waals surface area contributed by atoms with Crippen LogP contribution in [0.15, 0.2) is 71.8 Å². The molecule has 4 nitrogen and oxygen atoms in total. The van der Waals surface area contributed by atoms with Crippen molar-refractivity contribution in [2.24, 2.45) is 5.10 Å². The molecule has 0 heterocycles. The zero-order chi connectivity index (χ0) is 19.1. The molecule has 0 spiro atoms. The standard InChI is InChI=1S/C23H24N2O2/c1-17-9-10-18(2)20(13-17)16-27-22-12-11-19(14-23(22)26-3)15-24-25-21-7-5-4-6-8-21/h4-15,25H,16H2,1-3H3/b24-15+. The molecule has 27 heavy (non-hydrogen) atoms. The van der Waals surface area contributed by atoms with Crippen molar-refractivity contribution in [1.82, 2.24) is 0 Å². The molecule has 3 rings (SSSR count). The first-order valence-electron chi connectivity index (χ1n) is 8.87. The summed E-state index contributed by atoms with van der Waals surface area (Å²) in [7, 11) is 1.64. The van der Waals surface area contributed by atoms with Crippen LogP contribution in [0.25, 0.3) is 0 Å². The number of hydrogen-bond acceptors (Lipinski definition) is 4. The van der Waals surface area contributed by atoms with E-state index in [0.717, 1.165) is 11.3 Å². The molecule has 0 aliphatic carbocycles. The van der Waals surface area contributed by atoms with Gasteiger partial charge in [-0.3, -0.25) is 5.43 Å². The van der Waals surface area contributed by atoms with Crippen LogP contribution < -0.4 is 14.9 Å². The van der Waals surface area contributed by atoms with Gasteiger partial charge in [-0.2, -0.15) is 5.10 Å². The number of nitrogens with one attached hydrogen (secondary N) is 1. The van der Waals surface area contributed by atoms with Crippen molar-refractivity contribution in [1.29, 1.82) is 0 Å². The van der Waals surface area contributed by atoms with Crippen molar-refractivity contribution in [2.75, 3.05) is 12.5 Å². The molecule has 4 heteroatoms. The normalized spacial score (nSPS) is 10.8. The Balaban J connectivity index is 1.67. The third kappa shape index (κ3) is 5.11. The zero-order valence-electron chi connectivity index (χ0n) is 15.9. The number of methoxy groups -OCH3 is 1. The topological polar surface area (TPSA) is 42.8 Å².